The molecule has 1 aromatic carbocycles. The van der Waals surface area contributed by atoms with Crippen molar-refractivity contribution in [2.75, 3.05) is 0 Å². The van der Waals surface area contributed by atoms with Crippen LogP contribution >= 0.6 is 11.5 Å². The van der Waals surface area contributed by atoms with Crippen molar-refractivity contribution in [2.24, 2.45) is 0 Å². The van der Waals surface area contributed by atoms with E-state index in [9.17, 15) is 9.18 Å². The highest BCUT2D eigenvalue weighted by Crippen LogP contribution is 2.14. The first kappa shape index (κ1) is 11.7. The Morgan fingerprint density at radius 3 is 2.71 bits per heavy atom. The number of nitrogens with zero attached hydrogens (tertiary/aromatic N) is 2. The van der Waals surface area contributed by atoms with Gasteiger partial charge in [0.15, 0.2) is 0 Å². The predicted molar refractivity (Wildman–Crippen MR) is 62.2 cm³/mol. The molecule has 0 saturated heterocycles. The topological polar surface area (TPSA) is 54.9 Å². The Balaban J connectivity index is 2.04. The SMILES string of the molecule is C[C@@H](NC(=O)c1cnns1)c1ccc(F)cc1. The molecule has 4 nitrogen and oxygen atoms in total. The molecule has 1 N–H and O–H groups in total. The fourth-order valence-corrected chi connectivity index (χ4v) is 1.79. The molecule has 17 heavy (non-hydrogen) atoms. The highest BCUT2D eigenvalue weighted by Gasteiger charge is 2.13. The van der Waals surface area contributed by atoms with E-state index in [-0.39, 0.29) is 17.8 Å². The van der Waals surface area contributed by atoms with E-state index in [0.29, 0.717) is 4.88 Å². The van der Waals surface area contributed by atoms with E-state index >= 15 is 0 Å². The Morgan fingerprint density at radius 2 is 2.12 bits per heavy atom. The van der Waals surface area contributed by atoms with Gasteiger partial charge in [0, 0.05) is 0 Å². The maximum Gasteiger partial charge on any atom is 0.265 e. The summed E-state index contributed by atoms with van der Waals surface area (Å²) in [7, 11) is 0. The normalized spacial score (nSPS) is 12.1. The van der Waals surface area contributed by atoms with Crippen molar-refractivity contribution in [3.63, 3.8) is 0 Å². The molecule has 0 spiro atoms. The minimum absolute atomic E-state index is 0.190. The lowest BCUT2D eigenvalue weighted by Crippen LogP contribution is -2.25. The zero-order valence-corrected chi connectivity index (χ0v) is 9.87. The molecule has 1 aromatic heterocycles. The van der Waals surface area contributed by atoms with Crippen molar-refractivity contribution in [1.29, 1.82) is 0 Å². The summed E-state index contributed by atoms with van der Waals surface area (Å²) >= 11 is 1.04. The molecule has 2 aromatic rings. The average Bonchev–Trinajstić information content (AvgIpc) is 2.83. The molecule has 0 aliphatic heterocycles. The smallest absolute Gasteiger partial charge is 0.265 e. The summed E-state index contributed by atoms with van der Waals surface area (Å²) in [6.07, 6.45) is 1.41. The molecule has 0 aliphatic rings. The van der Waals surface area contributed by atoms with Crippen molar-refractivity contribution in [3.8, 4) is 0 Å². The Kier molecular flexibility index (Phi) is 3.43. The molecule has 0 unspecified atom stereocenters. The predicted octanol–water partition coefficient (Wildman–Crippen LogP) is 2.17. The van der Waals surface area contributed by atoms with E-state index in [2.05, 4.69) is 14.9 Å². The first-order valence-electron chi connectivity index (χ1n) is 5.00. The molecule has 0 fully saturated rings. The van der Waals surface area contributed by atoms with E-state index in [0.717, 1.165) is 17.1 Å². The van der Waals surface area contributed by atoms with E-state index < -0.39 is 0 Å². The average molecular weight is 251 g/mol. The van der Waals surface area contributed by atoms with Gasteiger partial charge in [-0.2, -0.15) is 0 Å². The van der Waals surface area contributed by atoms with Crippen molar-refractivity contribution < 1.29 is 9.18 Å². The van der Waals surface area contributed by atoms with Crippen LogP contribution in [0.1, 0.15) is 28.2 Å². The summed E-state index contributed by atoms with van der Waals surface area (Å²) in [6, 6.07) is 5.83. The third-order valence-electron chi connectivity index (χ3n) is 2.30. The van der Waals surface area contributed by atoms with Crippen LogP contribution in [0.15, 0.2) is 30.5 Å². The number of benzene rings is 1. The van der Waals surface area contributed by atoms with E-state index in [1.165, 1.54) is 18.3 Å². The van der Waals surface area contributed by atoms with Gasteiger partial charge in [-0.15, -0.1) is 5.10 Å². The van der Waals surface area contributed by atoms with Gasteiger partial charge in [-0.05, 0) is 36.2 Å². The third-order valence-corrected chi connectivity index (χ3v) is 2.97. The van der Waals surface area contributed by atoms with Gasteiger partial charge >= 0.3 is 0 Å². The fourth-order valence-electron chi connectivity index (χ4n) is 1.37. The monoisotopic (exact) mass is 251 g/mol. The van der Waals surface area contributed by atoms with Gasteiger partial charge in [-0.3, -0.25) is 4.79 Å². The molecular formula is C11H10FN3OS. The van der Waals surface area contributed by atoms with Gasteiger partial charge in [0.05, 0.1) is 12.2 Å². The van der Waals surface area contributed by atoms with Crippen LogP contribution in [0.3, 0.4) is 0 Å². The molecule has 0 radical (unpaired) electrons. The second kappa shape index (κ2) is 5.01. The second-order valence-corrected chi connectivity index (χ2v) is 4.31. The first-order chi connectivity index (χ1) is 8.16. The van der Waals surface area contributed by atoms with Crippen LogP contribution in [0.4, 0.5) is 4.39 Å². The number of carbonyl (C=O) groups excluding carboxylic acids is 1. The lowest BCUT2D eigenvalue weighted by atomic mass is 10.1. The number of carbonyl (C=O) groups is 1. The number of hydrogen-bond donors (Lipinski definition) is 1. The third kappa shape index (κ3) is 2.85. The first-order valence-corrected chi connectivity index (χ1v) is 5.78. The quantitative estimate of drug-likeness (QED) is 0.909. The van der Waals surface area contributed by atoms with Crippen LogP contribution < -0.4 is 5.32 Å². The van der Waals surface area contributed by atoms with Crippen molar-refractivity contribution in [1.82, 2.24) is 14.9 Å². The highest BCUT2D eigenvalue weighted by atomic mass is 32.1. The van der Waals surface area contributed by atoms with Gasteiger partial charge in [0.25, 0.3) is 5.91 Å². The van der Waals surface area contributed by atoms with Gasteiger partial charge in [0.2, 0.25) is 0 Å². The maximum atomic E-state index is 12.7. The summed E-state index contributed by atoms with van der Waals surface area (Å²) in [6.45, 7) is 1.83. The molecule has 1 heterocycles. The molecule has 0 bridgehead atoms. The minimum atomic E-state index is -0.293. The van der Waals surface area contributed by atoms with Crippen LogP contribution in [0.2, 0.25) is 0 Å². The summed E-state index contributed by atoms with van der Waals surface area (Å²) in [5.74, 6) is -0.518. The molecule has 88 valence electrons. The van der Waals surface area contributed by atoms with Crippen molar-refractivity contribution >= 4 is 17.4 Å². The Labute approximate surface area is 102 Å². The van der Waals surface area contributed by atoms with Gasteiger partial charge < -0.3 is 5.32 Å². The summed E-state index contributed by atoms with van der Waals surface area (Å²) in [5, 5.41) is 6.38. The van der Waals surface area contributed by atoms with E-state index in [1.54, 1.807) is 12.1 Å². The number of aromatic nitrogens is 2. The van der Waals surface area contributed by atoms with Gasteiger partial charge in [-0.25, -0.2) is 4.39 Å². The molecule has 2 rings (SSSR count). The number of rotatable bonds is 3. The van der Waals surface area contributed by atoms with Crippen LogP contribution in [-0.2, 0) is 0 Å². The maximum absolute atomic E-state index is 12.7. The molecule has 6 heteroatoms. The summed E-state index contributed by atoms with van der Waals surface area (Å²) in [4.78, 5) is 12.2. The fraction of sp³-hybridized carbons (Fsp3) is 0.182. The Bertz CT molecular complexity index is 498. The Morgan fingerprint density at radius 1 is 1.41 bits per heavy atom. The van der Waals surface area contributed by atoms with Crippen LogP contribution in [0.5, 0.6) is 0 Å². The number of nitrogens with one attached hydrogen (secondary N) is 1. The Hall–Kier alpha value is -1.82. The van der Waals surface area contributed by atoms with Gasteiger partial charge in [-0.1, -0.05) is 16.6 Å². The molecular weight excluding hydrogens is 241 g/mol. The van der Waals surface area contributed by atoms with Crippen molar-refractivity contribution in [2.45, 2.75) is 13.0 Å². The van der Waals surface area contributed by atoms with Crippen molar-refractivity contribution in [3.05, 3.63) is 46.7 Å². The number of halogens is 1. The zero-order valence-electron chi connectivity index (χ0n) is 9.05. The standard InChI is InChI=1S/C11H10FN3OS/c1-7(8-2-4-9(12)5-3-8)14-11(16)10-6-13-15-17-10/h2-7H,1H3,(H,14,16)/t7-/m1/s1. The largest absolute Gasteiger partial charge is 0.345 e. The number of amides is 1. The molecule has 0 saturated carbocycles. The minimum Gasteiger partial charge on any atom is -0.345 e. The summed E-state index contributed by atoms with van der Waals surface area (Å²) in [5.41, 5.74) is 0.845. The number of hydrogen-bond acceptors (Lipinski definition) is 4. The van der Waals surface area contributed by atoms with Crippen LogP contribution in [-0.4, -0.2) is 15.5 Å². The molecule has 1 amide bonds. The molecule has 1 atom stereocenters. The zero-order chi connectivity index (χ0) is 12.3. The highest BCUT2D eigenvalue weighted by molar-refractivity contribution is 7.07. The lowest BCUT2D eigenvalue weighted by Gasteiger charge is -2.13. The van der Waals surface area contributed by atoms with Gasteiger partial charge in [0.1, 0.15) is 10.7 Å². The lowest BCUT2D eigenvalue weighted by molar-refractivity contribution is 0.0944. The molecule has 0 aliphatic carbocycles. The van der Waals surface area contributed by atoms with Crippen LogP contribution in [0, 0.1) is 5.82 Å². The van der Waals surface area contributed by atoms with E-state index in [4.69, 9.17) is 0 Å². The second-order valence-electron chi connectivity index (χ2n) is 3.53. The van der Waals surface area contributed by atoms with Crippen LogP contribution in [0.25, 0.3) is 0 Å². The van der Waals surface area contributed by atoms with E-state index in [1.807, 2.05) is 6.92 Å². The summed E-state index contributed by atoms with van der Waals surface area (Å²) < 4.78 is 16.3.